The summed E-state index contributed by atoms with van der Waals surface area (Å²) in [5.74, 6) is 0.308. The van der Waals surface area contributed by atoms with Crippen molar-refractivity contribution < 1.29 is 23.1 Å². The molecule has 0 bridgehead atoms. The average molecular weight is 657 g/mol. The number of benzene rings is 3. The van der Waals surface area contributed by atoms with Gasteiger partial charge in [-0.3, -0.25) is 4.90 Å². The molecule has 3 aromatic rings. The van der Waals surface area contributed by atoms with Crippen LogP contribution < -0.4 is 10.2 Å². The molecule has 3 amide bonds. The monoisotopic (exact) mass is 656 g/mol. The largest absolute Gasteiger partial charge is 0.465 e. The summed E-state index contributed by atoms with van der Waals surface area (Å²) in [6, 6.07) is 23.9. The molecule has 2 unspecified atom stereocenters. The smallest absolute Gasteiger partial charge is 0.407 e. The first-order valence-corrected chi connectivity index (χ1v) is 18.3. The van der Waals surface area contributed by atoms with Crippen LogP contribution in [0.4, 0.5) is 15.3 Å². The van der Waals surface area contributed by atoms with Crippen LogP contribution in [-0.2, 0) is 16.3 Å². The Bertz CT molecular complexity index is 1750. The van der Waals surface area contributed by atoms with E-state index < -0.39 is 32.8 Å². The van der Waals surface area contributed by atoms with Crippen molar-refractivity contribution in [1.29, 1.82) is 0 Å². The lowest BCUT2D eigenvalue weighted by Gasteiger charge is -2.53. The molecule has 2 fully saturated rings. The molecule has 1 spiro atoms. The number of hydrogen-bond donors (Lipinski definition) is 2. The predicted octanol–water partition coefficient (Wildman–Crippen LogP) is 7.17. The van der Waals surface area contributed by atoms with Gasteiger partial charge in [-0.15, -0.1) is 0 Å². The van der Waals surface area contributed by atoms with E-state index in [1.165, 1.54) is 11.3 Å². The zero-order valence-electron chi connectivity index (χ0n) is 27.3. The Labute approximate surface area is 277 Å². The average Bonchev–Trinajstić information content (AvgIpc) is 3.33. The molecule has 2 aliphatic heterocycles. The number of sulfone groups is 1. The van der Waals surface area contributed by atoms with Crippen LogP contribution in [0.15, 0.2) is 88.8 Å². The second kappa shape index (κ2) is 13.1. The van der Waals surface area contributed by atoms with Gasteiger partial charge in [-0.25, -0.2) is 18.0 Å². The van der Waals surface area contributed by atoms with Crippen molar-refractivity contribution in [3.8, 4) is 11.1 Å². The SMILES string of the molecule is CC(C)S(=O)(=O)c1ccc(-c2ccccc2N2C(=O)N=C(NC3CCCCC3)C23CCN(C(=O)O)[C@@H](C)C3Cc2ccccc2)cc1. The number of carboxylic acid groups (broad SMARTS) is 1. The number of nitrogens with one attached hydrogen (secondary N) is 1. The van der Waals surface area contributed by atoms with Gasteiger partial charge in [-0.1, -0.05) is 79.9 Å². The van der Waals surface area contributed by atoms with Gasteiger partial charge in [0.05, 0.1) is 15.8 Å². The molecule has 1 aliphatic carbocycles. The molecular formula is C37H44N4O5S. The van der Waals surface area contributed by atoms with Gasteiger partial charge in [0.25, 0.3) is 0 Å². The summed E-state index contributed by atoms with van der Waals surface area (Å²) in [7, 11) is -3.45. The molecule has 3 atom stereocenters. The number of amides is 3. The minimum atomic E-state index is -3.45. The first-order valence-electron chi connectivity index (χ1n) is 16.7. The number of amidine groups is 1. The van der Waals surface area contributed by atoms with E-state index in [1.54, 1.807) is 38.1 Å². The molecular weight excluding hydrogens is 612 g/mol. The molecule has 6 rings (SSSR count). The van der Waals surface area contributed by atoms with Crippen molar-refractivity contribution in [3.05, 3.63) is 84.4 Å². The summed E-state index contributed by atoms with van der Waals surface area (Å²) in [4.78, 5) is 35.2. The highest BCUT2D eigenvalue weighted by atomic mass is 32.2. The fourth-order valence-electron chi connectivity index (χ4n) is 7.79. The number of rotatable bonds is 7. The van der Waals surface area contributed by atoms with E-state index in [-0.39, 0.29) is 29.4 Å². The van der Waals surface area contributed by atoms with Crippen LogP contribution >= 0.6 is 0 Å². The fourth-order valence-corrected chi connectivity index (χ4v) is 8.85. The molecule has 10 heteroatoms. The molecule has 2 heterocycles. The van der Waals surface area contributed by atoms with Crippen LogP contribution in [0.3, 0.4) is 0 Å². The van der Waals surface area contributed by atoms with Crippen LogP contribution in [0.25, 0.3) is 11.1 Å². The van der Waals surface area contributed by atoms with Gasteiger partial charge >= 0.3 is 12.1 Å². The quantitative estimate of drug-likeness (QED) is 0.278. The molecule has 2 N–H and O–H groups in total. The minimum Gasteiger partial charge on any atom is -0.465 e. The normalized spacial score (nSPS) is 23.7. The third-order valence-electron chi connectivity index (χ3n) is 10.4. The van der Waals surface area contributed by atoms with Crippen molar-refractivity contribution >= 4 is 33.5 Å². The minimum absolute atomic E-state index is 0.183. The van der Waals surface area contributed by atoms with Crippen molar-refractivity contribution in [1.82, 2.24) is 10.2 Å². The van der Waals surface area contributed by atoms with Crippen molar-refractivity contribution in [3.63, 3.8) is 0 Å². The Morgan fingerprint density at radius 2 is 1.64 bits per heavy atom. The van der Waals surface area contributed by atoms with E-state index in [4.69, 9.17) is 4.99 Å². The van der Waals surface area contributed by atoms with E-state index in [2.05, 4.69) is 5.32 Å². The highest BCUT2D eigenvalue weighted by molar-refractivity contribution is 7.92. The molecule has 9 nitrogen and oxygen atoms in total. The first-order chi connectivity index (χ1) is 22.5. The highest BCUT2D eigenvalue weighted by Crippen LogP contribution is 2.48. The zero-order chi connectivity index (χ0) is 33.3. The van der Waals surface area contributed by atoms with Crippen LogP contribution in [0.2, 0.25) is 0 Å². The Morgan fingerprint density at radius 3 is 2.30 bits per heavy atom. The number of carbonyl (C=O) groups excluding carboxylic acids is 1. The van der Waals surface area contributed by atoms with Gasteiger partial charge < -0.3 is 15.3 Å². The number of aliphatic imine (C=N–C) groups is 1. The summed E-state index contributed by atoms with van der Waals surface area (Å²) in [6.45, 7) is 5.53. The second-order valence-electron chi connectivity index (χ2n) is 13.4. The lowest BCUT2D eigenvalue weighted by Crippen LogP contribution is -2.70. The Balaban J connectivity index is 1.50. The highest BCUT2D eigenvalue weighted by Gasteiger charge is 2.60. The van der Waals surface area contributed by atoms with Crippen molar-refractivity contribution in [2.75, 3.05) is 11.4 Å². The van der Waals surface area contributed by atoms with Gasteiger partial charge in [-0.2, -0.15) is 4.99 Å². The lowest BCUT2D eigenvalue weighted by atomic mass is 9.68. The summed E-state index contributed by atoms with van der Waals surface area (Å²) in [6.07, 6.45) is 5.34. The maximum Gasteiger partial charge on any atom is 0.407 e. The number of anilines is 1. The van der Waals surface area contributed by atoms with Gasteiger partial charge in [0.2, 0.25) is 0 Å². The zero-order valence-corrected chi connectivity index (χ0v) is 28.1. The van der Waals surface area contributed by atoms with E-state index in [0.717, 1.165) is 42.4 Å². The number of nitrogens with zero attached hydrogens (tertiary/aromatic N) is 3. The Morgan fingerprint density at radius 1 is 0.979 bits per heavy atom. The Kier molecular flexibility index (Phi) is 9.16. The third kappa shape index (κ3) is 6.04. The maximum atomic E-state index is 14.4. The number of para-hydroxylation sites is 1. The predicted molar refractivity (Wildman–Crippen MR) is 185 cm³/mol. The molecule has 1 saturated carbocycles. The Hall–Kier alpha value is -4.18. The fraction of sp³-hybridized carbons (Fsp3) is 0.432. The standard InChI is InChI=1S/C37H44N4O5S/c1-25(2)47(45,46)30-20-18-28(19-21-30)31-16-10-11-17-33(31)41-35(42)39-34(38-29-14-8-5-9-15-29)37(41)22-23-40(36(43)44)26(3)32(37)24-27-12-6-4-7-13-27/h4,6-7,10-13,16-21,25-26,29,32H,5,8-9,14-15,22-24H2,1-3H3,(H,43,44)(H,38,39,42)/t26-,32?,37?/m0/s1. The third-order valence-corrected chi connectivity index (χ3v) is 12.5. The van der Waals surface area contributed by atoms with Gasteiger partial charge in [0.1, 0.15) is 11.4 Å². The molecule has 0 radical (unpaired) electrons. The van der Waals surface area contributed by atoms with Gasteiger partial charge in [-0.05, 0) is 75.8 Å². The van der Waals surface area contributed by atoms with Gasteiger partial charge in [0, 0.05) is 30.1 Å². The number of hydrogen-bond acceptors (Lipinski definition) is 5. The number of likely N-dealkylation sites (tertiary alicyclic amines) is 1. The number of carbonyl (C=O) groups is 2. The second-order valence-corrected chi connectivity index (χ2v) is 15.9. The summed E-state index contributed by atoms with van der Waals surface area (Å²) >= 11 is 0. The molecule has 248 valence electrons. The van der Waals surface area contributed by atoms with Gasteiger partial charge in [0.15, 0.2) is 9.84 Å². The summed E-state index contributed by atoms with van der Waals surface area (Å²) in [5, 5.41) is 13.4. The van der Waals surface area contributed by atoms with Crippen molar-refractivity contribution in [2.45, 2.75) is 93.5 Å². The molecule has 3 aliphatic rings. The molecule has 0 aromatic heterocycles. The van der Waals surface area contributed by atoms with Crippen molar-refractivity contribution in [2.24, 2.45) is 10.9 Å². The number of piperidine rings is 1. The van der Waals surface area contributed by atoms with E-state index in [0.29, 0.717) is 24.4 Å². The van der Waals surface area contributed by atoms with Crippen LogP contribution in [0, 0.1) is 5.92 Å². The topological polar surface area (TPSA) is 119 Å². The van der Waals surface area contributed by atoms with Crippen LogP contribution in [0.1, 0.15) is 64.9 Å². The van der Waals surface area contributed by atoms with E-state index in [1.807, 2.05) is 66.4 Å². The lowest BCUT2D eigenvalue weighted by molar-refractivity contribution is 0.0623. The maximum absolute atomic E-state index is 14.4. The number of urea groups is 1. The summed E-state index contributed by atoms with van der Waals surface area (Å²) < 4.78 is 25.7. The van der Waals surface area contributed by atoms with E-state index >= 15 is 0 Å². The first kappa shape index (κ1) is 32.7. The van der Waals surface area contributed by atoms with E-state index in [9.17, 15) is 23.1 Å². The summed E-state index contributed by atoms with van der Waals surface area (Å²) in [5.41, 5.74) is 2.33. The molecule has 47 heavy (non-hydrogen) atoms. The van der Waals surface area contributed by atoms with Crippen LogP contribution in [-0.4, -0.2) is 65.8 Å². The molecule has 1 saturated heterocycles. The van der Waals surface area contributed by atoms with Crippen LogP contribution in [0.5, 0.6) is 0 Å². The molecule has 3 aromatic carbocycles.